The lowest BCUT2D eigenvalue weighted by Gasteiger charge is -2.21. The molecule has 0 unspecified atom stereocenters. The molecule has 112 valence electrons. The number of carbonyl (C=O) groups excluding carboxylic acids is 2. The minimum atomic E-state index is -0.380. The fourth-order valence-corrected chi connectivity index (χ4v) is 2.33. The molecule has 1 saturated heterocycles. The van der Waals surface area contributed by atoms with Crippen LogP contribution in [0.5, 0.6) is 0 Å². The summed E-state index contributed by atoms with van der Waals surface area (Å²) < 4.78 is 5.58. The van der Waals surface area contributed by atoms with E-state index in [9.17, 15) is 9.59 Å². The quantitative estimate of drug-likeness (QED) is 0.645. The van der Waals surface area contributed by atoms with Crippen molar-refractivity contribution in [3.63, 3.8) is 0 Å². The van der Waals surface area contributed by atoms with Crippen molar-refractivity contribution in [1.82, 2.24) is 5.32 Å². The van der Waals surface area contributed by atoms with Gasteiger partial charge in [0.05, 0.1) is 17.9 Å². The molecule has 0 spiro atoms. The fraction of sp³-hybridized carbons (Fsp3) is 0.333. The highest BCUT2D eigenvalue weighted by Gasteiger charge is 2.17. The Hall–Kier alpha value is -1.66. The normalized spacial score (nSPS) is 13.4. The highest BCUT2D eigenvalue weighted by molar-refractivity contribution is 9.10. The Morgan fingerprint density at radius 2 is 2.10 bits per heavy atom. The van der Waals surface area contributed by atoms with Gasteiger partial charge in [0, 0.05) is 23.1 Å². The van der Waals surface area contributed by atoms with Crippen molar-refractivity contribution in [2.75, 3.05) is 25.0 Å². The smallest absolute Gasteiger partial charge is 0.338 e. The maximum Gasteiger partial charge on any atom is 0.338 e. The minimum Gasteiger partial charge on any atom is -0.462 e. The maximum absolute atomic E-state index is 12.1. The van der Waals surface area contributed by atoms with Gasteiger partial charge in [0.25, 0.3) is 5.91 Å². The second-order valence-corrected chi connectivity index (χ2v) is 5.56. The third-order valence-corrected chi connectivity index (χ3v) is 3.93. The van der Waals surface area contributed by atoms with Gasteiger partial charge in [-0.25, -0.2) is 4.79 Å². The molecule has 1 aliphatic heterocycles. The van der Waals surface area contributed by atoms with Crippen LogP contribution in [0.1, 0.15) is 24.2 Å². The first-order valence-corrected chi connectivity index (χ1v) is 7.49. The van der Waals surface area contributed by atoms with Crippen LogP contribution in [0, 0.1) is 0 Å². The van der Waals surface area contributed by atoms with Crippen molar-refractivity contribution in [2.45, 2.75) is 13.8 Å². The molecule has 1 fully saturated rings. The molecular weight excluding hydrogens is 336 g/mol. The van der Waals surface area contributed by atoms with Gasteiger partial charge in [-0.1, -0.05) is 0 Å². The van der Waals surface area contributed by atoms with Crippen molar-refractivity contribution in [3.8, 4) is 0 Å². The van der Waals surface area contributed by atoms with Crippen molar-refractivity contribution in [2.24, 2.45) is 0 Å². The van der Waals surface area contributed by atoms with Gasteiger partial charge in [-0.3, -0.25) is 4.79 Å². The molecule has 2 N–H and O–H groups in total. The Labute approximate surface area is 131 Å². The molecule has 5 nitrogen and oxygen atoms in total. The van der Waals surface area contributed by atoms with E-state index in [1.165, 1.54) is 0 Å². The fourth-order valence-electron chi connectivity index (χ4n) is 1.85. The highest BCUT2D eigenvalue weighted by Crippen LogP contribution is 2.25. The Balaban J connectivity index is 2.11. The van der Waals surface area contributed by atoms with Crippen LogP contribution in [0.2, 0.25) is 0 Å². The van der Waals surface area contributed by atoms with Crippen LogP contribution in [-0.2, 0) is 9.53 Å². The summed E-state index contributed by atoms with van der Waals surface area (Å²) >= 11 is 3.36. The number of nitrogens with one attached hydrogen (secondary N) is 2. The van der Waals surface area contributed by atoms with Crippen molar-refractivity contribution in [1.29, 1.82) is 0 Å². The maximum atomic E-state index is 12.1. The minimum absolute atomic E-state index is 0.129. The van der Waals surface area contributed by atoms with Crippen LogP contribution in [0.15, 0.2) is 33.8 Å². The summed E-state index contributed by atoms with van der Waals surface area (Å²) in [6, 6.07) is 4.96. The Kier molecular flexibility index (Phi) is 5.14. The van der Waals surface area contributed by atoms with Crippen molar-refractivity contribution >= 4 is 33.5 Å². The first-order valence-electron chi connectivity index (χ1n) is 6.70. The van der Waals surface area contributed by atoms with Crippen LogP contribution in [0.4, 0.5) is 5.69 Å². The molecule has 1 aliphatic rings. The lowest BCUT2D eigenvalue weighted by molar-refractivity contribution is -0.112. The number of benzene rings is 1. The van der Waals surface area contributed by atoms with E-state index < -0.39 is 0 Å². The number of hydrogen-bond acceptors (Lipinski definition) is 4. The molecule has 0 aliphatic carbocycles. The number of amides is 1. The lowest BCUT2D eigenvalue weighted by Crippen LogP contribution is -2.36. The summed E-state index contributed by atoms with van der Waals surface area (Å²) in [6.45, 7) is 5.43. The second kappa shape index (κ2) is 6.87. The zero-order valence-corrected chi connectivity index (χ0v) is 13.5. The first-order chi connectivity index (χ1) is 10.0. The molecule has 2 rings (SSSR count). The van der Waals surface area contributed by atoms with Gasteiger partial charge < -0.3 is 15.4 Å². The number of ether oxygens (including phenoxy) is 1. The summed E-state index contributed by atoms with van der Waals surface area (Å²) in [7, 11) is 0. The standard InChI is InChI=1S/C15H17BrN2O3/c1-3-21-15(20)10-4-5-13(12(16)6-10)18-14(19)9(2)11-7-17-8-11/h4-6,17H,3,7-8H2,1-2H3,(H,18,19). The van der Waals surface area contributed by atoms with E-state index in [1.807, 2.05) is 6.92 Å². The molecule has 21 heavy (non-hydrogen) atoms. The third-order valence-electron chi connectivity index (χ3n) is 3.28. The molecule has 1 aromatic rings. The van der Waals surface area contributed by atoms with Gasteiger partial charge in [0.1, 0.15) is 0 Å². The number of esters is 1. The molecule has 6 heteroatoms. The van der Waals surface area contributed by atoms with Crippen LogP contribution < -0.4 is 10.6 Å². The number of carbonyl (C=O) groups is 2. The van der Waals surface area contributed by atoms with E-state index in [1.54, 1.807) is 25.1 Å². The van der Waals surface area contributed by atoms with Gasteiger partial charge >= 0.3 is 5.97 Å². The molecule has 1 amide bonds. The Morgan fingerprint density at radius 1 is 1.38 bits per heavy atom. The molecule has 0 atom stereocenters. The zero-order valence-electron chi connectivity index (χ0n) is 12.0. The number of anilines is 1. The molecule has 1 heterocycles. The molecule has 0 bridgehead atoms. The summed E-state index contributed by atoms with van der Waals surface area (Å²) in [6.07, 6.45) is 0. The highest BCUT2D eigenvalue weighted by atomic mass is 79.9. The number of rotatable bonds is 4. The van der Waals surface area contributed by atoms with Gasteiger partial charge in [0.2, 0.25) is 0 Å². The van der Waals surface area contributed by atoms with Gasteiger partial charge in [0.15, 0.2) is 0 Å². The van der Waals surface area contributed by atoms with E-state index in [-0.39, 0.29) is 11.9 Å². The summed E-state index contributed by atoms with van der Waals surface area (Å²) in [5, 5.41) is 5.94. The van der Waals surface area contributed by atoms with Crippen LogP contribution >= 0.6 is 15.9 Å². The lowest BCUT2D eigenvalue weighted by atomic mass is 10.0. The van der Waals surface area contributed by atoms with Crippen LogP contribution in [-0.4, -0.2) is 31.6 Å². The SMILES string of the molecule is CCOC(=O)c1ccc(NC(=O)C(C)=C2CNC2)c(Br)c1. The van der Waals surface area contributed by atoms with Gasteiger partial charge in [-0.05, 0) is 53.5 Å². The van der Waals surface area contributed by atoms with Crippen molar-refractivity contribution < 1.29 is 14.3 Å². The Bertz CT molecular complexity index is 605. The molecule has 0 radical (unpaired) electrons. The second-order valence-electron chi connectivity index (χ2n) is 4.70. The third kappa shape index (κ3) is 3.71. The van der Waals surface area contributed by atoms with Crippen LogP contribution in [0.3, 0.4) is 0 Å². The van der Waals surface area contributed by atoms with E-state index >= 15 is 0 Å². The summed E-state index contributed by atoms with van der Waals surface area (Å²) in [5.74, 6) is -0.508. The molecule has 1 aromatic carbocycles. The number of halogens is 1. The van der Waals surface area contributed by atoms with E-state index in [2.05, 4.69) is 26.6 Å². The average Bonchev–Trinajstić information content (AvgIpc) is 2.39. The summed E-state index contributed by atoms with van der Waals surface area (Å²) in [4.78, 5) is 23.7. The van der Waals surface area contributed by atoms with Crippen LogP contribution in [0.25, 0.3) is 0 Å². The first kappa shape index (κ1) is 15.7. The predicted molar refractivity (Wildman–Crippen MR) is 84.3 cm³/mol. The van der Waals surface area contributed by atoms with Crippen molar-refractivity contribution in [3.05, 3.63) is 39.4 Å². The van der Waals surface area contributed by atoms with Gasteiger partial charge in [-0.15, -0.1) is 0 Å². The molecular formula is C15H17BrN2O3. The summed E-state index contributed by atoms with van der Waals surface area (Å²) in [5.41, 5.74) is 2.92. The molecule has 0 aromatic heterocycles. The van der Waals surface area contributed by atoms with Gasteiger partial charge in [-0.2, -0.15) is 0 Å². The average molecular weight is 353 g/mol. The molecule has 0 saturated carbocycles. The topological polar surface area (TPSA) is 67.4 Å². The van der Waals surface area contributed by atoms with E-state index in [0.29, 0.717) is 22.3 Å². The largest absolute Gasteiger partial charge is 0.462 e. The number of hydrogen-bond donors (Lipinski definition) is 2. The zero-order chi connectivity index (χ0) is 15.4. The van der Waals surface area contributed by atoms with E-state index in [4.69, 9.17) is 4.74 Å². The monoisotopic (exact) mass is 352 g/mol. The Morgan fingerprint density at radius 3 is 2.62 bits per heavy atom. The van der Waals surface area contributed by atoms with E-state index in [0.717, 1.165) is 24.2 Å². The predicted octanol–water partition coefficient (Wildman–Crippen LogP) is 2.48.